The Labute approximate surface area is 150 Å². The molecule has 0 saturated carbocycles. The highest BCUT2D eigenvalue weighted by Gasteiger charge is 2.35. The fourth-order valence-electron chi connectivity index (χ4n) is 2.86. The minimum atomic E-state index is -0.890. The standard InChI is InChI=1S/C19H19NO6/c1-4-25-15-9-8-13(11-17(15)24-3)18-14(20(21)22)10-12-6-5-7-16(23-2)19(12)26-18/h5-11,18H,4H2,1-3H3/t18-/m1/s1. The van der Waals surface area contributed by atoms with Crippen LogP contribution in [0, 0.1) is 10.1 Å². The predicted octanol–water partition coefficient (Wildman–Crippen LogP) is 3.85. The van der Waals surface area contributed by atoms with Gasteiger partial charge in [0.25, 0.3) is 5.70 Å². The second kappa shape index (κ2) is 7.35. The number of hydrogen-bond donors (Lipinski definition) is 0. The van der Waals surface area contributed by atoms with Gasteiger partial charge < -0.3 is 18.9 Å². The molecule has 0 amide bonds. The van der Waals surface area contributed by atoms with Crippen LogP contribution in [0.5, 0.6) is 23.0 Å². The van der Waals surface area contributed by atoms with Crippen LogP contribution in [0.2, 0.25) is 0 Å². The van der Waals surface area contributed by atoms with Crippen molar-refractivity contribution >= 4 is 6.08 Å². The van der Waals surface area contributed by atoms with Crippen molar-refractivity contribution in [1.82, 2.24) is 0 Å². The zero-order valence-corrected chi connectivity index (χ0v) is 14.7. The zero-order valence-electron chi connectivity index (χ0n) is 14.7. The largest absolute Gasteiger partial charge is 0.493 e. The van der Waals surface area contributed by atoms with Crippen LogP contribution in [0.4, 0.5) is 0 Å². The molecule has 0 aliphatic carbocycles. The average Bonchev–Trinajstić information content (AvgIpc) is 2.66. The number of nitrogens with zero attached hydrogens (tertiary/aromatic N) is 1. The lowest BCUT2D eigenvalue weighted by Gasteiger charge is -2.24. The fourth-order valence-corrected chi connectivity index (χ4v) is 2.86. The van der Waals surface area contributed by atoms with Crippen LogP contribution >= 0.6 is 0 Å². The van der Waals surface area contributed by atoms with Crippen molar-refractivity contribution in [2.24, 2.45) is 0 Å². The molecule has 26 heavy (non-hydrogen) atoms. The number of rotatable bonds is 6. The summed E-state index contributed by atoms with van der Waals surface area (Å²) in [5, 5.41) is 11.6. The van der Waals surface area contributed by atoms with E-state index in [9.17, 15) is 10.1 Å². The highest BCUT2D eigenvalue weighted by Crippen LogP contribution is 2.44. The van der Waals surface area contributed by atoms with Gasteiger partial charge in [-0.3, -0.25) is 10.1 Å². The molecule has 3 rings (SSSR count). The van der Waals surface area contributed by atoms with Gasteiger partial charge in [-0.15, -0.1) is 0 Å². The first kappa shape index (κ1) is 17.6. The van der Waals surface area contributed by atoms with E-state index in [1.807, 2.05) is 6.92 Å². The molecule has 1 heterocycles. The van der Waals surface area contributed by atoms with E-state index in [1.165, 1.54) is 20.3 Å². The molecule has 0 unspecified atom stereocenters. The van der Waals surface area contributed by atoms with E-state index >= 15 is 0 Å². The van der Waals surface area contributed by atoms with Crippen molar-refractivity contribution in [2.75, 3.05) is 20.8 Å². The van der Waals surface area contributed by atoms with Gasteiger partial charge in [-0.1, -0.05) is 18.2 Å². The summed E-state index contributed by atoms with van der Waals surface area (Å²) in [7, 11) is 3.05. The minimum Gasteiger partial charge on any atom is -0.493 e. The first-order valence-electron chi connectivity index (χ1n) is 8.09. The molecule has 0 saturated heterocycles. The molecule has 0 aromatic heterocycles. The van der Waals surface area contributed by atoms with Gasteiger partial charge in [-0.05, 0) is 25.1 Å². The summed E-state index contributed by atoms with van der Waals surface area (Å²) < 4.78 is 22.1. The second-order valence-corrected chi connectivity index (χ2v) is 5.55. The number of hydrogen-bond acceptors (Lipinski definition) is 6. The Morgan fingerprint density at radius 1 is 1.12 bits per heavy atom. The smallest absolute Gasteiger partial charge is 0.291 e. The Hall–Kier alpha value is -3.22. The number of benzene rings is 2. The van der Waals surface area contributed by atoms with Crippen LogP contribution < -0.4 is 18.9 Å². The molecule has 136 valence electrons. The zero-order chi connectivity index (χ0) is 18.7. The van der Waals surface area contributed by atoms with Gasteiger partial charge in [0.05, 0.1) is 25.7 Å². The van der Waals surface area contributed by atoms with Gasteiger partial charge in [0.1, 0.15) is 0 Å². The lowest BCUT2D eigenvalue weighted by Crippen LogP contribution is -2.20. The third-order valence-electron chi connectivity index (χ3n) is 4.04. The van der Waals surface area contributed by atoms with Crippen LogP contribution in [0.25, 0.3) is 6.08 Å². The molecule has 0 fully saturated rings. The summed E-state index contributed by atoms with van der Waals surface area (Å²) in [5.74, 6) is 2.04. The van der Waals surface area contributed by atoms with Crippen molar-refractivity contribution in [2.45, 2.75) is 13.0 Å². The molecule has 7 nitrogen and oxygen atoms in total. The SMILES string of the molecule is CCOc1ccc([C@H]2Oc3c(cccc3OC)C=C2[N+](=O)[O-])cc1OC. The number of methoxy groups -OCH3 is 2. The Morgan fingerprint density at radius 2 is 1.88 bits per heavy atom. The topological polar surface area (TPSA) is 80.1 Å². The maximum atomic E-state index is 11.6. The van der Waals surface area contributed by atoms with Gasteiger partial charge >= 0.3 is 0 Å². The lowest BCUT2D eigenvalue weighted by molar-refractivity contribution is -0.434. The third-order valence-corrected chi connectivity index (χ3v) is 4.04. The van der Waals surface area contributed by atoms with Gasteiger partial charge in [0.15, 0.2) is 23.0 Å². The summed E-state index contributed by atoms with van der Waals surface area (Å²) in [6.45, 7) is 2.36. The van der Waals surface area contributed by atoms with E-state index in [-0.39, 0.29) is 5.70 Å². The molecule has 0 bridgehead atoms. The normalized spacial score (nSPS) is 15.3. The number of nitro groups is 1. The van der Waals surface area contributed by atoms with Crippen LogP contribution in [-0.2, 0) is 0 Å². The molecule has 0 radical (unpaired) electrons. The van der Waals surface area contributed by atoms with E-state index in [4.69, 9.17) is 18.9 Å². The number of ether oxygens (including phenoxy) is 4. The van der Waals surface area contributed by atoms with Crippen LogP contribution in [0.3, 0.4) is 0 Å². The van der Waals surface area contributed by atoms with Crippen LogP contribution in [-0.4, -0.2) is 25.7 Å². The van der Waals surface area contributed by atoms with Crippen molar-refractivity contribution in [3.8, 4) is 23.0 Å². The van der Waals surface area contributed by atoms with Gasteiger partial charge in [-0.2, -0.15) is 0 Å². The minimum absolute atomic E-state index is 0.0584. The predicted molar refractivity (Wildman–Crippen MR) is 95.5 cm³/mol. The Morgan fingerprint density at radius 3 is 2.54 bits per heavy atom. The Bertz CT molecular complexity index is 861. The van der Waals surface area contributed by atoms with Crippen LogP contribution in [0.15, 0.2) is 42.1 Å². The quantitative estimate of drug-likeness (QED) is 0.577. The van der Waals surface area contributed by atoms with E-state index in [0.29, 0.717) is 40.7 Å². The van der Waals surface area contributed by atoms with Crippen molar-refractivity contribution in [3.05, 3.63) is 63.3 Å². The first-order valence-corrected chi connectivity index (χ1v) is 8.09. The molecule has 0 spiro atoms. The fraction of sp³-hybridized carbons (Fsp3) is 0.263. The first-order chi connectivity index (χ1) is 12.6. The van der Waals surface area contributed by atoms with E-state index < -0.39 is 11.0 Å². The van der Waals surface area contributed by atoms with Crippen molar-refractivity contribution in [1.29, 1.82) is 0 Å². The highest BCUT2D eigenvalue weighted by atomic mass is 16.6. The number of fused-ring (bicyclic) bond motifs is 1. The molecule has 2 aromatic rings. The molecule has 7 heteroatoms. The van der Waals surface area contributed by atoms with Crippen molar-refractivity contribution < 1.29 is 23.9 Å². The average molecular weight is 357 g/mol. The molecule has 0 N–H and O–H groups in total. The highest BCUT2D eigenvalue weighted by molar-refractivity contribution is 5.66. The van der Waals surface area contributed by atoms with Crippen molar-refractivity contribution in [3.63, 3.8) is 0 Å². The Kier molecular flexibility index (Phi) is 4.97. The lowest BCUT2D eigenvalue weighted by atomic mass is 10.0. The maximum absolute atomic E-state index is 11.6. The summed E-state index contributed by atoms with van der Waals surface area (Å²) >= 11 is 0. The number of para-hydroxylation sites is 1. The molecule has 1 atom stereocenters. The van der Waals surface area contributed by atoms with Gasteiger partial charge in [-0.25, -0.2) is 0 Å². The summed E-state index contributed by atoms with van der Waals surface area (Å²) in [5.41, 5.74) is 1.13. The Balaban J connectivity index is 2.08. The summed E-state index contributed by atoms with van der Waals surface area (Å²) in [6.07, 6.45) is 0.618. The summed E-state index contributed by atoms with van der Waals surface area (Å²) in [4.78, 5) is 11.2. The van der Waals surface area contributed by atoms with E-state index in [2.05, 4.69) is 0 Å². The van der Waals surface area contributed by atoms with Crippen LogP contribution in [0.1, 0.15) is 24.2 Å². The molecule has 2 aromatic carbocycles. The maximum Gasteiger partial charge on any atom is 0.291 e. The van der Waals surface area contributed by atoms with Gasteiger partial charge in [0, 0.05) is 17.2 Å². The third kappa shape index (κ3) is 3.15. The second-order valence-electron chi connectivity index (χ2n) is 5.55. The molecule has 1 aliphatic rings. The summed E-state index contributed by atoms with van der Waals surface area (Å²) in [6, 6.07) is 10.4. The van der Waals surface area contributed by atoms with Gasteiger partial charge in [0.2, 0.25) is 6.10 Å². The molecule has 1 aliphatic heterocycles. The molecular formula is C19H19NO6. The van der Waals surface area contributed by atoms with E-state index in [0.717, 1.165) is 0 Å². The monoisotopic (exact) mass is 357 g/mol. The van der Waals surface area contributed by atoms with E-state index in [1.54, 1.807) is 36.4 Å². The molecular weight excluding hydrogens is 338 g/mol.